The van der Waals surface area contributed by atoms with E-state index in [2.05, 4.69) is 0 Å². The molecule has 1 atom stereocenters. The first-order valence-electron chi connectivity index (χ1n) is 6.81. The summed E-state index contributed by atoms with van der Waals surface area (Å²) >= 11 is 0. The van der Waals surface area contributed by atoms with Gasteiger partial charge in [-0.15, -0.1) is 0 Å². The maximum atomic E-state index is 12.0. The molecule has 9 nitrogen and oxygen atoms in total. The molecule has 1 aromatic carbocycles. The van der Waals surface area contributed by atoms with Crippen molar-refractivity contribution in [3.8, 4) is 5.75 Å². The Morgan fingerprint density at radius 1 is 1.33 bits per heavy atom. The van der Waals surface area contributed by atoms with Crippen LogP contribution in [0.5, 0.6) is 5.75 Å². The molecule has 9 heteroatoms. The lowest BCUT2D eigenvalue weighted by Crippen LogP contribution is -2.31. The number of Topliss-reactive ketones (excluding diaryl/α,β-unsaturated/α-hetero) is 1. The van der Waals surface area contributed by atoms with E-state index in [4.69, 9.17) is 16.2 Å². The number of allylic oxidation sites excluding steroid dienone is 2. The van der Waals surface area contributed by atoms with Gasteiger partial charge in [-0.25, -0.2) is 0 Å². The second-order valence-electron chi connectivity index (χ2n) is 5.21. The molecule has 0 fully saturated rings. The number of ether oxygens (including phenoxy) is 1. The summed E-state index contributed by atoms with van der Waals surface area (Å²) in [5.41, 5.74) is 10.6. The first-order valence-corrected chi connectivity index (χ1v) is 6.81. The maximum absolute atomic E-state index is 12.0. The summed E-state index contributed by atoms with van der Waals surface area (Å²) in [5, 5.41) is 20.6. The van der Waals surface area contributed by atoms with Crippen LogP contribution in [0, 0.1) is 10.1 Å². The summed E-state index contributed by atoms with van der Waals surface area (Å²) in [6.45, 7) is 2.76. The fraction of sp³-hybridized carbons (Fsp3) is 0.200. The summed E-state index contributed by atoms with van der Waals surface area (Å²) in [6, 6.07) is 3.52. The Morgan fingerprint density at radius 2 is 1.96 bits per heavy atom. The molecule has 0 spiro atoms. The van der Waals surface area contributed by atoms with Gasteiger partial charge in [-0.3, -0.25) is 19.7 Å². The van der Waals surface area contributed by atoms with E-state index in [-0.39, 0.29) is 28.4 Å². The zero-order chi connectivity index (χ0) is 18.2. The zero-order valence-corrected chi connectivity index (χ0v) is 12.9. The van der Waals surface area contributed by atoms with Crippen molar-refractivity contribution < 1.29 is 24.4 Å². The van der Waals surface area contributed by atoms with Crippen molar-refractivity contribution in [2.75, 3.05) is 0 Å². The molecule has 1 heterocycles. The number of carbonyl (C=O) groups excluding carboxylic acids is 2. The molecule has 1 unspecified atom stereocenters. The molecule has 1 aromatic rings. The molecule has 0 saturated heterocycles. The van der Waals surface area contributed by atoms with Crippen LogP contribution in [0.2, 0.25) is 0 Å². The van der Waals surface area contributed by atoms with Crippen LogP contribution in [0.25, 0.3) is 0 Å². The van der Waals surface area contributed by atoms with Gasteiger partial charge in [-0.05, 0) is 25.5 Å². The Bertz CT molecular complexity index is 788. The molecule has 0 aliphatic carbocycles. The van der Waals surface area contributed by atoms with Gasteiger partial charge in [0.2, 0.25) is 0 Å². The van der Waals surface area contributed by atoms with Gasteiger partial charge in [0.1, 0.15) is 5.76 Å². The van der Waals surface area contributed by atoms with Gasteiger partial charge in [0.05, 0.1) is 16.4 Å². The van der Waals surface area contributed by atoms with E-state index in [1.54, 1.807) is 0 Å². The minimum atomic E-state index is -1.02. The van der Waals surface area contributed by atoms with Crippen molar-refractivity contribution in [1.82, 2.24) is 0 Å². The Labute approximate surface area is 136 Å². The normalized spacial score (nSPS) is 17.5. The molecule has 0 saturated carbocycles. The highest BCUT2D eigenvalue weighted by Crippen LogP contribution is 2.41. The first-order chi connectivity index (χ1) is 11.1. The molecule has 0 aromatic heterocycles. The number of nitrogens with two attached hydrogens (primary N) is 2. The molecule has 126 valence electrons. The fourth-order valence-electron chi connectivity index (χ4n) is 2.68. The second-order valence-corrected chi connectivity index (χ2v) is 5.21. The average molecular weight is 333 g/mol. The number of benzene rings is 1. The molecule has 2 rings (SSSR count). The van der Waals surface area contributed by atoms with Crippen LogP contribution in [0.1, 0.15) is 25.3 Å². The number of aromatic hydroxyl groups is 1. The number of phenols is 1. The maximum Gasteiger partial charge on any atom is 0.310 e. The molecule has 5 N–H and O–H groups in total. The largest absolute Gasteiger partial charge is 0.502 e. The molecular formula is C15H15N3O6. The Kier molecular flexibility index (Phi) is 4.27. The number of amides is 1. The number of ketones is 1. The minimum Gasteiger partial charge on any atom is -0.502 e. The predicted molar refractivity (Wildman–Crippen MR) is 82.4 cm³/mol. The van der Waals surface area contributed by atoms with Crippen LogP contribution in [0.3, 0.4) is 0 Å². The monoisotopic (exact) mass is 333 g/mol. The Morgan fingerprint density at radius 3 is 2.46 bits per heavy atom. The lowest BCUT2D eigenvalue weighted by atomic mass is 9.80. The summed E-state index contributed by atoms with van der Waals surface area (Å²) < 4.78 is 5.22. The van der Waals surface area contributed by atoms with Crippen molar-refractivity contribution in [2.45, 2.75) is 19.8 Å². The number of rotatable bonds is 4. The number of nitro benzene ring substituents is 1. The summed E-state index contributed by atoms with van der Waals surface area (Å²) in [5.74, 6) is -2.98. The van der Waals surface area contributed by atoms with Crippen LogP contribution in [-0.4, -0.2) is 21.7 Å². The SMILES string of the molecule is CC(=O)C1=C(C)OC(N)=C(C(N)=O)C1c1ccc(O)c([N+](=O)[O-])c1. The van der Waals surface area contributed by atoms with Crippen LogP contribution in [0.4, 0.5) is 5.69 Å². The van der Waals surface area contributed by atoms with E-state index < -0.39 is 34.0 Å². The van der Waals surface area contributed by atoms with Gasteiger partial charge >= 0.3 is 5.69 Å². The van der Waals surface area contributed by atoms with E-state index >= 15 is 0 Å². The number of nitro groups is 1. The van der Waals surface area contributed by atoms with Gasteiger partial charge in [-0.1, -0.05) is 6.07 Å². The number of carbonyl (C=O) groups is 2. The standard InChI is InChI=1S/C15H15N3O6/c1-6(19)11-7(2)24-15(17)13(14(16)21)12(11)8-3-4-10(20)9(5-8)18(22)23/h3-5,12,20H,17H2,1-2H3,(H2,16,21). The lowest BCUT2D eigenvalue weighted by Gasteiger charge is -2.28. The third kappa shape index (κ3) is 2.78. The number of hydrogen-bond acceptors (Lipinski definition) is 7. The number of phenolic OH excluding ortho intramolecular Hbond substituents is 1. The molecule has 1 aliphatic heterocycles. The van der Waals surface area contributed by atoms with Crippen LogP contribution in [-0.2, 0) is 14.3 Å². The van der Waals surface area contributed by atoms with Gasteiger partial charge in [0.25, 0.3) is 5.91 Å². The molecule has 1 amide bonds. The highest BCUT2D eigenvalue weighted by atomic mass is 16.6. The number of primary amides is 1. The molecule has 0 radical (unpaired) electrons. The fourth-order valence-corrected chi connectivity index (χ4v) is 2.68. The number of nitrogens with zero attached hydrogens (tertiary/aromatic N) is 1. The lowest BCUT2D eigenvalue weighted by molar-refractivity contribution is -0.385. The van der Waals surface area contributed by atoms with E-state index in [9.17, 15) is 24.8 Å². The highest BCUT2D eigenvalue weighted by Gasteiger charge is 2.37. The molecular weight excluding hydrogens is 318 g/mol. The molecule has 1 aliphatic rings. The minimum absolute atomic E-state index is 0.109. The predicted octanol–water partition coefficient (Wildman–Crippen LogP) is 0.933. The Hall–Kier alpha value is -3.36. The number of hydrogen-bond donors (Lipinski definition) is 3. The average Bonchev–Trinajstić information content (AvgIpc) is 2.45. The summed E-state index contributed by atoms with van der Waals surface area (Å²) in [7, 11) is 0. The van der Waals surface area contributed by atoms with Crippen molar-refractivity contribution >= 4 is 17.4 Å². The van der Waals surface area contributed by atoms with Gasteiger partial charge in [-0.2, -0.15) is 0 Å². The summed E-state index contributed by atoms with van der Waals surface area (Å²) in [6.07, 6.45) is 0. The van der Waals surface area contributed by atoms with E-state index in [0.29, 0.717) is 0 Å². The van der Waals surface area contributed by atoms with Gasteiger partial charge in [0.15, 0.2) is 17.4 Å². The molecule has 0 bridgehead atoms. The second kappa shape index (κ2) is 6.03. The zero-order valence-electron chi connectivity index (χ0n) is 12.9. The quantitative estimate of drug-likeness (QED) is 0.546. The van der Waals surface area contributed by atoms with Crippen LogP contribution < -0.4 is 11.5 Å². The first kappa shape index (κ1) is 17.0. The van der Waals surface area contributed by atoms with E-state index in [0.717, 1.165) is 12.1 Å². The molecule has 24 heavy (non-hydrogen) atoms. The summed E-state index contributed by atoms with van der Waals surface area (Å²) in [4.78, 5) is 34.1. The van der Waals surface area contributed by atoms with Crippen molar-refractivity contribution in [1.29, 1.82) is 0 Å². The highest BCUT2D eigenvalue weighted by molar-refractivity contribution is 6.02. The third-order valence-corrected chi connectivity index (χ3v) is 3.66. The smallest absolute Gasteiger partial charge is 0.310 e. The van der Waals surface area contributed by atoms with Gasteiger partial charge in [0, 0.05) is 11.6 Å². The Balaban J connectivity index is 2.76. The van der Waals surface area contributed by atoms with Crippen molar-refractivity contribution in [2.24, 2.45) is 11.5 Å². The van der Waals surface area contributed by atoms with Crippen molar-refractivity contribution in [3.05, 3.63) is 56.7 Å². The van der Waals surface area contributed by atoms with E-state index in [1.165, 1.54) is 19.9 Å². The third-order valence-electron chi connectivity index (χ3n) is 3.66. The van der Waals surface area contributed by atoms with Crippen molar-refractivity contribution in [3.63, 3.8) is 0 Å². The van der Waals surface area contributed by atoms with Crippen LogP contribution >= 0.6 is 0 Å². The topological polar surface area (TPSA) is 159 Å². The van der Waals surface area contributed by atoms with Crippen LogP contribution in [0.15, 0.2) is 41.0 Å². The van der Waals surface area contributed by atoms with E-state index in [1.807, 2.05) is 0 Å². The van der Waals surface area contributed by atoms with Gasteiger partial charge < -0.3 is 21.3 Å².